The molecule has 0 spiro atoms. The molecule has 3 rings (SSSR count). The normalized spacial score (nSPS) is 24.7. The van der Waals surface area contributed by atoms with Crippen LogP contribution >= 0.6 is 23.2 Å². The Balaban J connectivity index is 2.04. The van der Waals surface area contributed by atoms with Crippen LogP contribution in [0.3, 0.4) is 0 Å². The minimum absolute atomic E-state index is 0.332. The van der Waals surface area contributed by atoms with Crippen LogP contribution in [0.4, 0.5) is 17.6 Å². The first-order chi connectivity index (χ1) is 12.1. The molecular formula is C15H20Cl2F4N4O. The van der Waals surface area contributed by atoms with Crippen LogP contribution in [-0.2, 0) is 4.74 Å². The van der Waals surface area contributed by atoms with E-state index >= 15 is 0 Å². The maximum atomic E-state index is 14.1. The molecule has 0 amide bonds. The third kappa shape index (κ3) is 3.69. The molecular weight excluding hydrogens is 399 g/mol. The first-order valence-corrected chi connectivity index (χ1v) is 9.40. The highest BCUT2D eigenvalue weighted by atomic mass is 35.5. The van der Waals surface area contributed by atoms with Gasteiger partial charge in [0.2, 0.25) is 0 Å². The lowest BCUT2D eigenvalue weighted by Crippen LogP contribution is -2.59. The number of halogens is 6. The monoisotopic (exact) mass is 418 g/mol. The van der Waals surface area contributed by atoms with Crippen molar-refractivity contribution in [1.29, 1.82) is 0 Å². The van der Waals surface area contributed by atoms with E-state index in [9.17, 15) is 17.6 Å². The maximum absolute atomic E-state index is 14.1. The summed E-state index contributed by atoms with van der Waals surface area (Å²) in [6.45, 7) is 1.85. The van der Waals surface area contributed by atoms with Gasteiger partial charge in [-0.15, -0.1) is 0 Å². The zero-order valence-corrected chi connectivity index (χ0v) is 15.5. The average Bonchev–Trinajstić information content (AvgIpc) is 2.61. The number of nitrogens with zero attached hydrogens (tertiary/aromatic N) is 4. The van der Waals surface area contributed by atoms with Gasteiger partial charge in [0.1, 0.15) is 0 Å². The number of ether oxygens (including phenoxy) is 1. The molecule has 0 N–H and O–H groups in total. The van der Waals surface area contributed by atoms with Gasteiger partial charge in [-0.25, -0.2) is 0 Å². The molecule has 0 radical (unpaired) electrons. The van der Waals surface area contributed by atoms with E-state index in [1.54, 1.807) is 9.80 Å². The molecule has 0 aromatic rings. The van der Waals surface area contributed by atoms with Crippen molar-refractivity contribution in [1.82, 2.24) is 9.80 Å². The Morgan fingerprint density at radius 1 is 0.731 bits per heavy atom. The van der Waals surface area contributed by atoms with Gasteiger partial charge in [-0.05, 0) is 61.7 Å². The molecule has 0 atom stereocenters. The summed E-state index contributed by atoms with van der Waals surface area (Å²) >= 11 is 10.1. The molecule has 0 saturated carbocycles. The second-order valence-corrected chi connectivity index (χ2v) is 7.60. The highest BCUT2D eigenvalue weighted by molar-refractivity contribution is 6.27. The van der Waals surface area contributed by atoms with Crippen molar-refractivity contribution in [3.63, 3.8) is 0 Å². The second-order valence-electron chi connectivity index (χ2n) is 6.65. The van der Waals surface area contributed by atoms with Crippen LogP contribution in [0.1, 0.15) is 38.5 Å². The van der Waals surface area contributed by atoms with Crippen molar-refractivity contribution in [3.8, 4) is 0 Å². The SMILES string of the molecule is FC(F)(Cl)C1(C(F)(F)Cl)N=C(N2CCCCC2)OC(N2CCCCC2)=N1. The summed E-state index contributed by atoms with van der Waals surface area (Å²) < 4.78 is 62.1. The van der Waals surface area contributed by atoms with E-state index < -0.39 is 16.4 Å². The van der Waals surface area contributed by atoms with E-state index in [1.165, 1.54) is 0 Å². The summed E-state index contributed by atoms with van der Waals surface area (Å²) in [5.74, 6) is 0. The van der Waals surface area contributed by atoms with E-state index in [4.69, 9.17) is 27.9 Å². The molecule has 11 heteroatoms. The van der Waals surface area contributed by atoms with E-state index in [2.05, 4.69) is 9.98 Å². The van der Waals surface area contributed by atoms with Gasteiger partial charge in [0, 0.05) is 26.2 Å². The quantitative estimate of drug-likeness (QED) is 0.501. The van der Waals surface area contributed by atoms with Crippen molar-refractivity contribution >= 4 is 35.2 Å². The number of aliphatic imine (C=N–C) groups is 2. The van der Waals surface area contributed by atoms with Gasteiger partial charge in [0.25, 0.3) is 12.0 Å². The molecule has 26 heavy (non-hydrogen) atoms. The van der Waals surface area contributed by atoms with Crippen molar-refractivity contribution in [2.24, 2.45) is 9.98 Å². The Kier molecular flexibility index (Phi) is 5.50. The predicted octanol–water partition coefficient (Wildman–Crippen LogP) is 4.06. The number of alkyl halides is 6. The molecule has 0 aliphatic carbocycles. The van der Waals surface area contributed by atoms with Crippen LogP contribution in [0.5, 0.6) is 0 Å². The molecule has 0 aromatic heterocycles. The number of rotatable bonds is 2. The van der Waals surface area contributed by atoms with Gasteiger partial charge in [-0.3, -0.25) is 0 Å². The Morgan fingerprint density at radius 3 is 1.38 bits per heavy atom. The second kappa shape index (κ2) is 7.22. The standard InChI is InChI=1S/C15H20Cl2F4N4O/c16-14(18,19)13(15(17,20)21)22-11(24-7-3-1-4-8-24)26-12(23-13)25-9-5-2-6-10-25/h1-10H2. The Hall–Kier alpha value is -0.960. The minimum atomic E-state index is -4.51. The molecule has 3 aliphatic heterocycles. The highest BCUT2D eigenvalue weighted by Crippen LogP contribution is 2.51. The Morgan fingerprint density at radius 2 is 1.08 bits per heavy atom. The fourth-order valence-corrected chi connectivity index (χ4v) is 3.74. The fraction of sp³-hybridized carbons (Fsp3) is 0.867. The maximum Gasteiger partial charge on any atom is 0.374 e. The number of hydrogen-bond acceptors (Lipinski definition) is 5. The molecule has 0 bridgehead atoms. The molecule has 0 unspecified atom stereocenters. The first-order valence-electron chi connectivity index (χ1n) is 8.65. The largest absolute Gasteiger partial charge is 0.392 e. The van der Waals surface area contributed by atoms with Crippen molar-refractivity contribution in [3.05, 3.63) is 0 Å². The smallest absolute Gasteiger partial charge is 0.374 e. The average molecular weight is 419 g/mol. The Labute approximate surface area is 159 Å². The molecule has 3 aliphatic rings. The zero-order chi connectivity index (χ0) is 19.0. The van der Waals surface area contributed by atoms with Gasteiger partial charge in [0.15, 0.2) is 0 Å². The lowest BCUT2D eigenvalue weighted by molar-refractivity contribution is -0.101. The predicted molar refractivity (Wildman–Crippen MR) is 91.1 cm³/mol. The van der Waals surface area contributed by atoms with E-state index in [0.717, 1.165) is 38.5 Å². The van der Waals surface area contributed by atoms with E-state index in [-0.39, 0.29) is 12.0 Å². The summed E-state index contributed by atoms with van der Waals surface area (Å²) in [5, 5.41) is -9.02. The number of likely N-dealkylation sites (tertiary alicyclic amines) is 2. The molecule has 2 saturated heterocycles. The number of piperidine rings is 2. The van der Waals surface area contributed by atoms with Crippen LogP contribution in [-0.4, -0.2) is 64.4 Å². The highest BCUT2D eigenvalue weighted by Gasteiger charge is 2.71. The third-order valence-electron chi connectivity index (χ3n) is 4.74. The summed E-state index contributed by atoms with van der Waals surface area (Å²) in [7, 11) is 0. The number of amidine groups is 2. The Bertz CT molecular complexity index is 529. The van der Waals surface area contributed by atoms with Crippen molar-refractivity contribution in [2.75, 3.05) is 26.2 Å². The van der Waals surface area contributed by atoms with Crippen molar-refractivity contribution < 1.29 is 22.3 Å². The van der Waals surface area contributed by atoms with Gasteiger partial charge < -0.3 is 14.5 Å². The lowest BCUT2D eigenvalue weighted by atomic mass is 10.1. The van der Waals surface area contributed by atoms with Crippen LogP contribution in [0, 0.1) is 0 Å². The van der Waals surface area contributed by atoms with Crippen LogP contribution in [0.25, 0.3) is 0 Å². The van der Waals surface area contributed by atoms with Crippen LogP contribution < -0.4 is 0 Å². The van der Waals surface area contributed by atoms with Crippen LogP contribution in [0.2, 0.25) is 0 Å². The third-order valence-corrected chi connectivity index (χ3v) is 5.27. The van der Waals surface area contributed by atoms with E-state index in [1.807, 2.05) is 0 Å². The summed E-state index contributed by atoms with van der Waals surface area (Å²) in [6.07, 6.45) is 5.03. The van der Waals surface area contributed by atoms with Gasteiger partial charge in [0.05, 0.1) is 0 Å². The van der Waals surface area contributed by atoms with Gasteiger partial charge in [-0.2, -0.15) is 27.5 Å². The molecule has 0 aromatic carbocycles. The van der Waals surface area contributed by atoms with Crippen LogP contribution in [0.15, 0.2) is 9.98 Å². The van der Waals surface area contributed by atoms with E-state index in [0.29, 0.717) is 26.2 Å². The zero-order valence-electron chi connectivity index (χ0n) is 14.0. The number of hydrogen-bond donors (Lipinski definition) is 0. The van der Waals surface area contributed by atoms with Crippen molar-refractivity contribution in [2.45, 2.75) is 55.0 Å². The summed E-state index contributed by atoms with van der Waals surface area (Å²) in [6, 6.07) is -0.665. The summed E-state index contributed by atoms with van der Waals surface area (Å²) in [4.78, 5) is 10.0. The summed E-state index contributed by atoms with van der Waals surface area (Å²) in [5.41, 5.74) is -3.67. The molecule has 3 heterocycles. The molecule has 148 valence electrons. The topological polar surface area (TPSA) is 40.4 Å². The van der Waals surface area contributed by atoms with Gasteiger partial charge in [-0.1, -0.05) is 0 Å². The fourth-order valence-electron chi connectivity index (χ4n) is 3.28. The minimum Gasteiger partial charge on any atom is -0.392 e. The molecule has 2 fully saturated rings. The lowest BCUT2D eigenvalue weighted by Gasteiger charge is -2.41. The molecule has 5 nitrogen and oxygen atoms in total. The first kappa shape index (κ1) is 19.8. The van der Waals surface area contributed by atoms with Gasteiger partial charge >= 0.3 is 16.4 Å².